The van der Waals surface area contributed by atoms with Crippen LogP contribution in [-0.2, 0) is 6.54 Å². The summed E-state index contributed by atoms with van der Waals surface area (Å²) in [5, 5.41) is 3.51. The lowest BCUT2D eigenvalue weighted by atomic mass is 9.81. The van der Waals surface area contributed by atoms with E-state index in [0.717, 1.165) is 19.6 Å². The van der Waals surface area contributed by atoms with Crippen molar-refractivity contribution < 1.29 is 0 Å². The molecular weight excluding hydrogens is 248 g/mol. The van der Waals surface area contributed by atoms with Crippen LogP contribution in [0.15, 0.2) is 47.3 Å². The predicted molar refractivity (Wildman–Crippen MR) is 79.9 cm³/mol. The largest absolute Gasteiger partial charge is 0.316 e. The van der Waals surface area contributed by atoms with Gasteiger partial charge in [0.2, 0.25) is 0 Å². The number of piperidine rings is 1. The molecule has 2 aromatic rings. The number of hydrogen-bond donors (Lipinski definition) is 1. The molecule has 1 fully saturated rings. The van der Waals surface area contributed by atoms with E-state index in [1.54, 1.807) is 6.07 Å². The van der Waals surface area contributed by atoms with Gasteiger partial charge in [-0.3, -0.25) is 4.79 Å². The number of nitrogens with zero attached hydrogens (tertiary/aromatic N) is 1. The van der Waals surface area contributed by atoms with Crippen LogP contribution in [0.5, 0.6) is 0 Å². The maximum atomic E-state index is 12.2. The van der Waals surface area contributed by atoms with Crippen LogP contribution in [0.25, 0.3) is 11.1 Å². The molecule has 1 saturated heterocycles. The van der Waals surface area contributed by atoms with Crippen molar-refractivity contribution in [2.75, 3.05) is 13.1 Å². The van der Waals surface area contributed by atoms with Crippen molar-refractivity contribution >= 4 is 0 Å². The normalized spacial score (nSPS) is 24.2. The molecule has 0 radical (unpaired) electrons. The molecule has 20 heavy (non-hydrogen) atoms. The molecule has 2 aliphatic heterocycles. The average molecular weight is 266 g/mol. The quantitative estimate of drug-likeness (QED) is 0.858. The first-order chi connectivity index (χ1) is 9.83. The van der Waals surface area contributed by atoms with E-state index in [-0.39, 0.29) is 5.56 Å². The first kappa shape index (κ1) is 11.9. The van der Waals surface area contributed by atoms with Crippen LogP contribution < -0.4 is 10.9 Å². The van der Waals surface area contributed by atoms with Crippen LogP contribution in [0.2, 0.25) is 0 Å². The van der Waals surface area contributed by atoms with E-state index in [0.29, 0.717) is 11.8 Å². The zero-order chi connectivity index (χ0) is 13.5. The van der Waals surface area contributed by atoms with E-state index in [2.05, 4.69) is 29.6 Å². The Labute approximate surface area is 118 Å². The highest BCUT2D eigenvalue weighted by Gasteiger charge is 2.32. The molecule has 0 amide bonds. The molecule has 2 bridgehead atoms. The lowest BCUT2D eigenvalue weighted by Crippen LogP contribution is -2.45. The van der Waals surface area contributed by atoms with Crippen molar-refractivity contribution in [1.82, 2.24) is 9.88 Å². The number of fused-ring (bicyclic) bond motifs is 4. The van der Waals surface area contributed by atoms with Gasteiger partial charge in [0.1, 0.15) is 0 Å². The van der Waals surface area contributed by atoms with Crippen molar-refractivity contribution in [2.45, 2.75) is 18.9 Å². The molecule has 2 aliphatic rings. The third kappa shape index (κ3) is 1.81. The second-order valence-corrected chi connectivity index (χ2v) is 5.90. The number of hydrogen-bond acceptors (Lipinski definition) is 2. The van der Waals surface area contributed by atoms with Gasteiger partial charge in [0.25, 0.3) is 5.56 Å². The number of benzene rings is 1. The topological polar surface area (TPSA) is 34.0 Å². The Morgan fingerprint density at radius 2 is 1.90 bits per heavy atom. The van der Waals surface area contributed by atoms with Gasteiger partial charge >= 0.3 is 0 Å². The maximum Gasteiger partial charge on any atom is 0.250 e. The Bertz CT molecular complexity index is 690. The highest BCUT2D eigenvalue weighted by molar-refractivity contribution is 5.66. The van der Waals surface area contributed by atoms with E-state index in [4.69, 9.17) is 0 Å². The molecule has 3 nitrogen and oxygen atoms in total. The molecule has 1 aromatic heterocycles. The number of rotatable bonds is 1. The Morgan fingerprint density at radius 3 is 2.75 bits per heavy atom. The van der Waals surface area contributed by atoms with Crippen LogP contribution >= 0.6 is 0 Å². The zero-order valence-corrected chi connectivity index (χ0v) is 11.4. The summed E-state index contributed by atoms with van der Waals surface area (Å²) in [6.45, 7) is 2.88. The fourth-order valence-electron chi connectivity index (χ4n) is 3.72. The lowest BCUT2D eigenvalue weighted by Gasteiger charge is -2.38. The van der Waals surface area contributed by atoms with Crippen LogP contribution in [0.1, 0.15) is 18.0 Å². The monoisotopic (exact) mass is 266 g/mol. The van der Waals surface area contributed by atoms with Gasteiger partial charge in [-0.1, -0.05) is 30.3 Å². The molecule has 1 N–H and O–H groups in total. The predicted octanol–water partition coefficient (Wildman–Crippen LogP) is 2.22. The summed E-state index contributed by atoms with van der Waals surface area (Å²) in [5.41, 5.74) is 3.81. The second-order valence-electron chi connectivity index (χ2n) is 5.90. The molecular formula is C17H18N2O. The summed E-state index contributed by atoms with van der Waals surface area (Å²) >= 11 is 0. The fraction of sp³-hybridized carbons (Fsp3) is 0.353. The third-order valence-corrected chi connectivity index (χ3v) is 4.58. The highest BCUT2D eigenvalue weighted by Crippen LogP contribution is 2.37. The lowest BCUT2D eigenvalue weighted by molar-refractivity contribution is 0.258. The standard InChI is InChI=1S/C17H18N2O/c20-16-7-6-15(13-4-2-1-3-5-13)17-14-8-12(9-18-10-14)11-19(16)17/h1-7,12,14,18H,8-11H2. The second kappa shape index (κ2) is 4.60. The molecule has 102 valence electrons. The van der Waals surface area contributed by atoms with Crippen LogP contribution in [0, 0.1) is 5.92 Å². The van der Waals surface area contributed by atoms with Gasteiger partial charge in [-0.15, -0.1) is 0 Å². The minimum Gasteiger partial charge on any atom is -0.316 e. The van der Waals surface area contributed by atoms with Crippen LogP contribution in [0.4, 0.5) is 0 Å². The van der Waals surface area contributed by atoms with E-state index >= 15 is 0 Å². The van der Waals surface area contributed by atoms with Crippen molar-refractivity contribution in [2.24, 2.45) is 5.92 Å². The average Bonchev–Trinajstić information content (AvgIpc) is 2.50. The first-order valence-corrected chi connectivity index (χ1v) is 7.33. The summed E-state index contributed by atoms with van der Waals surface area (Å²) < 4.78 is 2.02. The summed E-state index contributed by atoms with van der Waals surface area (Å²) in [6, 6.07) is 14.1. The molecule has 3 heteroatoms. The first-order valence-electron chi connectivity index (χ1n) is 7.33. The molecule has 1 aromatic carbocycles. The van der Waals surface area contributed by atoms with Gasteiger partial charge < -0.3 is 9.88 Å². The van der Waals surface area contributed by atoms with Gasteiger partial charge in [-0.05, 0) is 30.5 Å². The number of pyridine rings is 1. The third-order valence-electron chi connectivity index (χ3n) is 4.58. The maximum absolute atomic E-state index is 12.2. The Kier molecular flexibility index (Phi) is 2.74. The van der Waals surface area contributed by atoms with Gasteiger partial charge in [0, 0.05) is 36.3 Å². The highest BCUT2D eigenvalue weighted by atomic mass is 16.1. The number of nitrogens with one attached hydrogen (secondary N) is 1. The van der Waals surface area contributed by atoms with Gasteiger partial charge in [-0.2, -0.15) is 0 Å². The minimum absolute atomic E-state index is 0.149. The minimum atomic E-state index is 0.149. The van der Waals surface area contributed by atoms with Crippen molar-refractivity contribution in [3.63, 3.8) is 0 Å². The molecule has 0 saturated carbocycles. The van der Waals surface area contributed by atoms with Gasteiger partial charge in [0.15, 0.2) is 0 Å². The summed E-state index contributed by atoms with van der Waals surface area (Å²) in [4.78, 5) is 12.2. The Hall–Kier alpha value is -1.87. The zero-order valence-electron chi connectivity index (χ0n) is 11.4. The van der Waals surface area contributed by atoms with Crippen molar-refractivity contribution in [3.8, 4) is 11.1 Å². The molecule has 2 atom stereocenters. The molecule has 0 spiro atoms. The van der Waals surface area contributed by atoms with E-state index < -0.39 is 0 Å². The van der Waals surface area contributed by atoms with E-state index in [1.807, 2.05) is 16.7 Å². The van der Waals surface area contributed by atoms with E-state index in [9.17, 15) is 4.79 Å². The smallest absolute Gasteiger partial charge is 0.250 e. The van der Waals surface area contributed by atoms with Crippen LogP contribution in [-0.4, -0.2) is 17.7 Å². The molecule has 4 rings (SSSR count). The van der Waals surface area contributed by atoms with Crippen molar-refractivity contribution in [1.29, 1.82) is 0 Å². The Morgan fingerprint density at radius 1 is 1.05 bits per heavy atom. The molecule has 2 unspecified atom stereocenters. The van der Waals surface area contributed by atoms with E-state index in [1.165, 1.54) is 23.2 Å². The summed E-state index contributed by atoms with van der Waals surface area (Å²) in [7, 11) is 0. The molecule has 3 heterocycles. The summed E-state index contributed by atoms with van der Waals surface area (Å²) in [5.74, 6) is 1.07. The van der Waals surface area contributed by atoms with Gasteiger partial charge in [-0.25, -0.2) is 0 Å². The van der Waals surface area contributed by atoms with Crippen molar-refractivity contribution in [3.05, 3.63) is 58.5 Å². The SMILES string of the molecule is O=c1ccc(-c2ccccc2)c2n1CC1CNCC2C1. The fourth-order valence-corrected chi connectivity index (χ4v) is 3.72. The Balaban J connectivity index is 1.94. The van der Waals surface area contributed by atoms with Gasteiger partial charge in [0.05, 0.1) is 0 Å². The number of aromatic nitrogens is 1. The molecule has 0 aliphatic carbocycles. The van der Waals surface area contributed by atoms with Crippen LogP contribution in [0.3, 0.4) is 0 Å². The summed E-state index contributed by atoms with van der Waals surface area (Å²) in [6.07, 6.45) is 1.20.